The first-order valence-corrected chi connectivity index (χ1v) is 6.67. The van der Waals surface area contributed by atoms with Gasteiger partial charge in [-0.2, -0.15) is 0 Å². The van der Waals surface area contributed by atoms with Crippen molar-refractivity contribution in [3.63, 3.8) is 0 Å². The lowest BCUT2D eigenvalue weighted by Crippen LogP contribution is -2.27. The van der Waals surface area contributed by atoms with E-state index in [1.165, 1.54) is 32.4 Å². The van der Waals surface area contributed by atoms with Crippen molar-refractivity contribution in [3.8, 4) is 11.5 Å². The molecule has 0 amide bonds. The van der Waals surface area contributed by atoms with Crippen molar-refractivity contribution in [1.82, 2.24) is 4.72 Å². The van der Waals surface area contributed by atoms with Gasteiger partial charge in [0.2, 0.25) is 15.3 Å². The van der Waals surface area contributed by atoms with Gasteiger partial charge in [0.15, 0.2) is 11.5 Å². The Morgan fingerprint density at radius 1 is 1.28 bits per heavy atom. The van der Waals surface area contributed by atoms with Crippen molar-refractivity contribution in [1.29, 1.82) is 0 Å². The molecule has 0 heterocycles. The Bertz CT molecular complexity index is 543. The number of carbonyl (C=O) groups excluding carboxylic acids is 1. The van der Waals surface area contributed by atoms with Crippen LogP contribution in [0.1, 0.15) is 0 Å². The number of hydrogen-bond donors (Lipinski definition) is 1. The molecule has 0 unspecified atom stereocenters. The summed E-state index contributed by atoms with van der Waals surface area (Å²) in [6.07, 6.45) is 0. The summed E-state index contributed by atoms with van der Waals surface area (Å²) < 4.78 is 35.6. The highest BCUT2D eigenvalue weighted by molar-refractivity contribution is 7.89. The molecule has 0 bridgehead atoms. The van der Waals surface area contributed by atoms with E-state index in [9.17, 15) is 13.2 Å². The van der Waals surface area contributed by atoms with Crippen LogP contribution >= 0.6 is 11.6 Å². The minimum atomic E-state index is -3.80. The predicted molar refractivity (Wildman–Crippen MR) is 65.6 cm³/mol. The fourth-order valence-electron chi connectivity index (χ4n) is 1.22. The Hall–Kier alpha value is -1.31. The molecule has 18 heavy (non-hydrogen) atoms. The highest BCUT2D eigenvalue weighted by Gasteiger charge is 2.17. The van der Waals surface area contributed by atoms with Gasteiger partial charge >= 0.3 is 0 Å². The van der Waals surface area contributed by atoms with Gasteiger partial charge in [-0.1, -0.05) is 0 Å². The van der Waals surface area contributed by atoms with E-state index in [1.54, 1.807) is 0 Å². The third kappa shape index (κ3) is 3.59. The molecule has 0 saturated heterocycles. The number of halogens is 1. The lowest BCUT2D eigenvalue weighted by atomic mass is 10.3. The smallest absolute Gasteiger partial charge is 0.241 e. The van der Waals surface area contributed by atoms with Crippen molar-refractivity contribution in [2.24, 2.45) is 0 Å². The van der Waals surface area contributed by atoms with Crippen LogP contribution in [-0.4, -0.2) is 34.4 Å². The average molecular weight is 294 g/mol. The van der Waals surface area contributed by atoms with Crippen molar-refractivity contribution in [3.05, 3.63) is 18.2 Å². The molecule has 0 aromatic heterocycles. The maximum atomic E-state index is 11.8. The van der Waals surface area contributed by atoms with Gasteiger partial charge < -0.3 is 9.47 Å². The van der Waals surface area contributed by atoms with E-state index in [0.29, 0.717) is 5.75 Å². The largest absolute Gasteiger partial charge is 0.493 e. The van der Waals surface area contributed by atoms with Gasteiger partial charge in [-0.3, -0.25) is 4.79 Å². The fraction of sp³-hybridized carbons (Fsp3) is 0.300. The van der Waals surface area contributed by atoms with E-state index in [2.05, 4.69) is 4.72 Å². The fourth-order valence-corrected chi connectivity index (χ4v) is 2.36. The molecule has 6 nitrogen and oxygen atoms in total. The second-order valence-electron chi connectivity index (χ2n) is 3.20. The number of benzene rings is 1. The highest BCUT2D eigenvalue weighted by atomic mass is 35.5. The van der Waals surface area contributed by atoms with Crippen LogP contribution in [0.2, 0.25) is 0 Å². The minimum Gasteiger partial charge on any atom is -0.493 e. The molecule has 1 aromatic carbocycles. The van der Waals surface area contributed by atoms with Crippen molar-refractivity contribution >= 4 is 26.9 Å². The zero-order chi connectivity index (χ0) is 13.8. The van der Waals surface area contributed by atoms with Gasteiger partial charge in [0.05, 0.1) is 25.7 Å². The second-order valence-corrected chi connectivity index (χ2v) is 5.38. The van der Waals surface area contributed by atoms with E-state index in [1.807, 2.05) is 0 Å². The molecule has 0 fully saturated rings. The molecule has 0 saturated carbocycles. The summed E-state index contributed by atoms with van der Waals surface area (Å²) in [6, 6.07) is 4.08. The van der Waals surface area contributed by atoms with Crippen LogP contribution in [0, 0.1) is 0 Å². The minimum absolute atomic E-state index is 0.0435. The normalized spacial score (nSPS) is 11.1. The maximum Gasteiger partial charge on any atom is 0.241 e. The first-order valence-electron chi connectivity index (χ1n) is 4.80. The van der Waals surface area contributed by atoms with E-state index >= 15 is 0 Å². The molecule has 0 radical (unpaired) electrons. The van der Waals surface area contributed by atoms with Crippen LogP contribution in [-0.2, 0) is 14.8 Å². The van der Waals surface area contributed by atoms with Gasteiger partial charge in [0, 0.05) is 6.07 Å². The summed E-state index contributed by atoms with van der Waals surface area (Å²) in [5, 5.41) is -0.793. The Balaban J connectivity index is 3.06. The topological polar surface area (TPSA) is 81.7 Å². The van der Waals surface area contributed by atoms with Gasteiger partial charge in [-0.15, -0.1) is 0 Å². The number of ether oxygens (including phenoxy) is 2. The zero-order valence-electron chi connectivity index (χ0n) is 9.77. The monoisotopic (exact) mass is 293 g/mol. The summed E-state index contributed by atoms with van der Waals surface area (Å²) >= 11 is 5.07. The highest BCUT2D eigenvalue weighted by Crippen LogP contribution is 2.29. The van der Waals surface area contributed by atoms with Gasteiger partial charge in [0.25, 0.3) is 0 Å². The number of hydrogen-bond acceptors (Lipinski definition) is 5. The van der Waals surface area contributed by atoms with Crippen molar-refractivity contribution in [2.45, 2.75) is 4.90 Å². The van der Waals surface area contributed by atoms with E-state index < -0.39 is 21.8 Å². The summed E-state index contributed by atoms with van der Waals surface area (Å²) in [4.78, 5) is 10.5. The van der Waals surface area contributed by atoms with Gasteiger partial charge in [-0.25, -0.2) is 13.1 Å². The molecule has 0 aliphatic carbocycles. The molecular weight excluding hydrogens is 282 g/mol. The average Bonchev–Trinajstić information content (AvgIpc) is 2.35. The molecule has 8 heteroatoms. The number of methoxy groups -OCH3 is 2. The number of rotatable bonds is 6. The Labute approximate surface area is 110 Å². The zero-order valence-corrected chi connectivity index (χ0v) is 11.3. The Morgan fingerprint density at radius 3 is 2.39 bits per heavy atom. The number of carbonyl (C=O) groups is 1. The van der Waals surface area contributed by atoms with Crippen LogP contribution < -0.4 is 14.2 Å². The standard InChI is InChI=1S/C10H12ClNO5S/c1-16-8-4-3-7(5-9(8)17-2)18(14,15)12-6-10(11)13/h3-5,12H,6H2,1-2H3. The summed E-state index contributed by atoms with van der Waals surface area (Å²) in [7, 11) is -0.970. The Kier molecular flexibility index (Phi) is 4.94. The second kappa shape index (κ2) is 6.03. The summed E-state index contributed by atoms with van der Waals surface area (Å²) in [5.41, 5.74) is 0. The third-order valence-electron chi connectivity index (χ3n) is 2.07. The van der Waals surface area contributed by atoms with Crippen LogP contribution in [0.3, 0.4) is 0 Å². The summed E-state index contributed by atoms with van der Waals surface area (Å²) in [6.45, 7) is -0.474. The molecule has 0 aliphatic rings. The van der Waals surface area contributed by atoms with Gasteiger partial charge in [0.1, 0.15) is 0 Å². The molecule has 0 aliphatic heterocycles. The van der Waals surface area contributed by atoms with Crippen LogP contribution in [0.25, 0.3) is 0 Å². The van der Waals surface area contributed by atoms with Crippen molar-refractivity contribution in [2.75, 3.05) is 20.8 Å². The molecule has 1 aromatic rings. The lowest BCUT2D eigenvalue weighted by molar-refractivity contribution is -0.110. The van der Waals surface area contributed by atoms with E-state index in [-0.39, 0.29) is 10.6 Å². The van der Waals surface area contributed by atoms with E-state index in [4.69, 9.17) is 21.1 Å². The predicted octanol–water partition coefficient (Wildman–Crippen LogP) is 0.747. The van der Waals surface area contributed by atoms with Crippen LogP contribution in [0.5, 0.6) is 11.5 Å². The molecule has 0 spiro atoms. The van der Waals surface area contributed by atoms with Gasteiger partial charge in [-0.05, 0) is 23.7 Å². The first kappa shape index (κ1) is 14.7. The lowest BCUT2D eigenvalue weighted by Gasteiger charge is -2.10. The number of sulfonamides is 1. The Morgan fingerprint density at radius 2 is 1.89 bits per heavy atom. The maximum absolute atomic E-state index is 11.8. The molecule has 1 rings (SSSR count). The van der Waals surface area contributed by atoms with E-state index in [0.717, 1.165) is 0 Å². The molecule has 0 atom stereocenters. The third-order valence-corrected chi connectivity index (χ3v) is 3.60. The van der Waals surface area contributed by atoms with Crippen LogP contribution in [0.4, 0.5) is 0 Å². The van der Waals surface area contributed by atoms with Crippen molar-refractivity contribution < 1.29 is 22.7 Å². The van der Waals surface area contributed by atoms with Crippen LogP contribution in [0.15, 0.2) is 23.1 Å². The molecule has 100 valence electrons. The molecular formula is C10H12ClNO5S. The SMILES string of the molecule is COc1ccc(S(=O)(=O)NCC(=O)Cl)cc1OC. The molecule has 1 N–H and O–H groups in total. The quantitative estimate of drug-likeness (QED) is 0.783. The summed E-state index contributed by atoms with van der Waals surface area (Å²) in [5.74, 6) is 0.683. The number of nitrogens with one attached hydrogen (secondary N) is 1. The first-order chi connectivity index (χ1) is 8.40.